The molecule has 1 unspecified atom stereocenters. The normalized spacial score (nSPS) is 16.8. The Labute approximate surface area is 153 Å². The van der Waals surface area contributed by atoms with Crippen LogP contribution in [0.25, 0.3) is 10.9 Å². The van der Waals surface area contributed by atoms with Crippen molar-refractivity contribution in [3.63, 3.8) is 0 Å². The van der Waals surface area contributed by atoms with E-state index < -0.39 is 11.7 Å². The second-order valence-corrected chi connectivity index (χ2v) is 7.99. The lowest BCUT2D eigenvalue weighted by molar-refractivity contribution is -0.121. The van der Waals surface area contributed by atoms with Gasteiger partial charge in [-0.05, 0) is 58.2 Å². The Morgan fingerprint density at radius 2 is 2.08 bits per heavy atom. The van der Waals surface area contributed by atoms with Gasteiger partial charge in [0.05, 0.1) is 0 Å². The molecule has 0 saturated carbocycles. The molecule has 1 aromatic heterocycles. The lowest BCUT2D eigenvalue weighted by atomic mass is 9.91. The number of fused-ring (bicyclic) bond motifs is 3. The number of rotatable bonds is 3. The zero-order chi connectivity index (χ0) is 18.9. The molecule has 3 rings (SSSR count). The highest BCUT2D eigenvalue weighted by Gasteiger charge is 2.24. The highest BCUT2D eigenvalue weighted by molar-refractivity contribution is 5.86. The minimum atomic E-state index is -0.579. The van der Waals surface area contributed by atoms with Gasteiger partial charge in [0.2, 0.25) is 5.91 Å². The fourth-order valence-electron chi connectivity index (χ4n) is 3.41. The number of hydrogen-bond donors (Lipinski definition) is 3. The van der Waals surface area contributed by atoms with Gasteiger partial charge < -0.3 is 20.4 Å². The smallest absolute Gasteiger partial charge is 0.408 e. The molecule has 6 nitrogen and oxygen atoms in total. The van der Waals surface area contributed by atoms with E-state index in [9.17, 15) is 9.59 Å². The molecule has 140 valence electrons. The van der Waals surface area contributed by atoms with Crippen molar-refractivity contribution in [3.05, 3.63) is 35.0 Å². The summed E-state index contributed by atoms with van der Waals surface area (Å²) < 4.78 is 5.13. The number of aromatic amines is 1. The summed E-state index contributed by atoms with van der Waals surface area (Å²) in [6.07, 6.45) is 2.03. The van der Waals surface area contributed by atoms with Crippen molar-refractivity contribution < 1.29 is 14.3 Å². The van der Waals surface area contributed by atoms with Crippen LogP contribution in [-0.2, 0) is 22.4 Å². The average Bonchev–Trinajstić information content (AvgIpc) is 2.88. The van der Waals surface area contributed by atoms with Crippen LogP contribution in [0.3, 0.4) is 0 Å². The van der Waals surface area contributed by atoms with E-state index in [1.807, 2.05) is 0 Å². The first-order chi connectivity index (χ1) is 12.2. The molecule has 1 atom stereocenters. The van der Waals surface area contributed by atoms with E-state index in [1.165, 1.54) is 22.2 Å². The van der Waals surface area contributed by atoms with Crippen molar-refractivity contribution in [3.8, 4) is 0 Å². The lowest BCUT2D eigenvalue weighted by Gasteiger charge is -2.24. The van der Waals surface area contributed by atoms with Gasteiger partial charge in [-0.3, -0.25) is 4.79 Å². The van der Waals surface area contributed by atoms with Gasteiger partial charge >= 0.3 is 6.09 Å². The zero-order valence-corrected chi connectivity index (χ0v) is 15.9. The molecular weight excluding hydrogens is 330 g/mol. The van der Waals surface area contributed by atoms with Crippen molar-refractivity contribution in [2.45, 2.75) is 58.6 Å². The van der Waals surface area contributed by atoms with Gasteiger partial charge in [0.1, 0.15) is 12.1 Å². The molecule has 1 aliphatic carbocycles. The maximum Gasteiger partial charge on any atom is 0.408 e. The lowest BCUT2D eigenvalue weighted by Crippen LogP contribution is -2.45. The molecule has 0 bridgehead atoms. The van der Waals surface area contributed by atoms with Gasteiger partial charge in [0.15, 0.2) is 0 Å². The largest absolute Gasteiger partial charge is 0.444 e. The Morgan fingerprint density at radius 1 is 1.31 bits per heavy atom. The van der Waals surface area contributed by atoms with Gasteiger partial charge in [-0.25, -0.2) is 4.79 Å². The maximum atomic E-state index is 12.1. The van der Waals surface area contributed by atoms with Crippen molar-refractivity contribution in [2.75, 3.05) is 6.54 Å². The number of alkyl carbamates (subject to hydrolysis) is 1. The summed E-state index contributed by atoms with van der Waals surface area (Å²) in [5.41, 5.74) is 4.39. The fraction of sp³-hybridized carbons (Fsp3) is 0.500. The van der Waals surface area contributed by atoms with E-state index in [4.69, 9.17) is 4.74 Å². The quantitative estimate of drug-likeness (QED) is 0.790. The summed E-state index contributed by atoms with van der Waals surface area (Å²) in [5, 5.41) is 6.79. The van der Waals surface area contributed by atoms with Crippen LogP contribution in [0.1, 0.15) is 44.0 Å². The Balaban J connectivity index is 1.55. The fourth-order valence-corrected chi connectivity index (χ4v) is 3.41. The number of hydrogen-bond acceptors (Lipinski definition) is 3. The van der Waals surface area contributed by atoms with Crippen LogP contribution in [0, 0.1) is 6.92 Å². The minimum Gasteiger partial charge on any atom is -0.444 e. The molecule has 0 spiro atoms. The Bertz CT molecular complexity index is 833. The molecule has 0 radical (unpaired) electrons. The van der Waals surface area contributed by atoms with Crippen LogP contribution >= 0.6 is 0 Å². The maximum absolute atomic E-state index is 12.1. The Morgan fingerprint density at radius 3 is 2.81 bits per heavy atom. The van der Waals surface area contributed by atoms with Crippen molar-refractivity contribution >= 4 is 22.9 Å². The van der Waals surface area contributed by atoms with Crippen molar-refractivity contribution in [1.82, 2.24) is 15.6 Å². The third-order valence-electron chi connectivity index (χ3n) is 4.50. The average molecular weight is 357 g/mol. The van der Waals surface area contributed by atoms with E-state index in [-0.39, 0.29) is 18.5 Å². The molecular formula is C20H27N3O3. The van der Waals surface area contributed by atoms with E-state index in [1.54, 1.807) is 20.8 Å². The van der Waals surface area contributed by atoms with Gasteiger partial charge in [-0.2, -0.15) is 0 Å². The predicted molar refractivity (Wildman–Crippen MR) is 101 cm³/mol. The van der Waals surface area contributed by atoms with Crippen LogP contribution in [-0.4, -0.2) is 35.2 Å². The number of aromatic nitrogens is 1. The van der Waals surface area contributed by atoms with Gasteiger partial charge in [-0.1, -0.05) is 11.6 Å². The van der Waals surface area contributed by atoms with E-state index in [0.29, 0.717) is 0 Å². The molecule has 2 aromatic rings. The van der Waals surface area contributed by atoms with Gasteiger partial charge in [0, 0.05) is 29.1 Å². The number of H-pyrrole nitrogens is 1. The monoisotopic (exact) mass is 357 g/mol. The minimum absolute atomic E-state index is 0.0737. The third-order valence-corrected chi connectivity index (χ3v) is 4.50. The van der Waals surface area contributed by atoms with Gasteiger partial charge in [-0.15, -0.1) is 0 Å². The Kier molecular flexibility index (Phi) is 4.94. The number of benzene rings is 1. The highest BCUT2D eigenvalue weighted by atomic mass is 16.6. The molecule has 1 aromatic carbocycles. The topological polar surface area (TPSA) is 83.2 Å². The molecule has 6 heteroatoms. The summed E-state index contributed by atoms with van der Waals surface area (Å²) in [7, 11) is 0. The first kappa shape index (κ1) is 18.3. The van der Waals surface area contributed by atoms with Crippen molar-refractivity contribution in [2.24, 2.45) is 0 Å². The summed E-state index contributed by atoms with van der Waals surface area (Å²) in [6, 6.07) is 6.51. The number of ether oxygens (including phenoxy) is 1. The van der Waals surface area contributed by atoms with Crippen LogP contribution < -0.4 is 10.6 Å². The summed E-state index contributed by atoms with van der Waals surface area (Å²) in [6.45, 7) is 7.38. The molecule has 1 aliphatic rings. The van der Waals surface area contributed by atoms with Crippen LogP contribution in [0.5, 0.6) is 0 Å². The molecule has 2 amide bonds. The standard InChI is InChI=1S/C20H27N3O3/c1-12-5-8-16-15(9-12)14-7-6-13(10-17(14)23-16)22-18(24)11-21-19(25)26-20(2,3)4/h5,8-9,13,23H,6-7,10-11H2,1-4H3,(H,21,25)(H,22,24). The van der Waals surface area contributed by atoms with Crippen LogP contribution in [0.4, 0.5) is 4.79 Å². The molecule has 26 heavy (non-hydrogen) atoms. The number of aryl methyl sites for hydroxylation is 2. The van der Waals surface area contributed by atoms with E-state index in [2.05, 4.69) is 40.7 Å². The first-order valence-corrected chi connectivity index (χ1v) is 9.07. The SMILES string of the molecule is Cc1ccc2[nH]c3c(c2c1)CCC(NC(=O)CNC(=O)OC(C)(C)C)C3. The first-order valence-electron chi connectivity index (χ1n) is 9.07. The predicted octanol–water partition coefficient (Wildman–Crippen LogP) is 2.97. The number of amides is 2. The number of carbonyl (C=O) groups excluding carboxylic acids is 2. The van der Waals surface area contributed by atoms with Crippen LogP contribution in [0.15, 0.2) is 18.2 Å². The molecule has 0 saturated heterocycles. The number of nitrogens with one attached hydrogen (secondary N) is 3. The van der Waals surface area contributed by atoms with E-state index in [0.717, 1.165) is 24.8 Å². The molecule has 3 N–H and O–H groups in total. The second kappa shape index (κ2) is 7.02. The summed E-state index contributed by atoms with van der Waals surface area (Å²) in [4.78, 5) is 27.2. The second-order valence-electron chi connectivity index (χ2n) is 7.99. The van der Waals surface area contributed by atoms with E-state index >= 15 is 0 Å². The zero-order valence-electron chi connectivity index (χ0n) is 15.9. The highest BCUT2D eigenvalue weighted by Crippen LogP contribution is 2.29. The van der Waals surface area contributed by atoms with Crippen molar-refractivity contribution in [1.29, 1.82) is 0 Å². The third kappa shape index (κ3) is 4.36. The molecule has 0 fully saturated rings. The molecule has 1 heterocycles. The molecule has 0 aliphatic heterocycles. The van der Waals surface area contributed by atoms with Gasteiger partial charge in [0.25, 0.3) is 0 Å². The van der Waals surface area contributed by atoms with Crippen LogP contribution in [0.2, 0.25) is 0 Å². The number of carbonyl (C=O) groups is 2. The summed E-state index contributed by atoms with van der Waals surface area (Å²) >= 11 is 0. The summed E-state index contributed by atoms with van der Waals surface area (Å²) in [5.74, 6) is -0.198. The Hall–Kier alpha value is -2.50.